The lowest BCUT2D eigenvalue weighted by atomic mass is 10.1. The van der Waals surface area contributed by atoms with Gasteiger partial charge in [0.15, 0.2) is 0 Å². The lowest BCUT2D eigenvalue weighted by Crippen LogP contribution is -2.47. The van der Waals surface area contributed by atoms with Gasteiger partial charge in [0.05, 0.1) is 0 Å². The van der Waals surface area contributed by atoms with E-state index in [0.717, 1.165) is 50.3 Å². The van der Waals surface area contributed by atoms with Crippen molar-refractivity contribution in [1.82, 2.24) is 19.9 Å². The molecule has 2 aromatic heterocycles. The average Bonchev–Trinajstić information content (AvgIpc) is 2.74. The third-order valence-electron chi connectivity index (χ3n) is 4.81. The molecule has 3 heterocycles. The second-order valence-electron chi connectivity index (χ2n) is 6.56. The Morgan fingerprint density at radius 3 is 2.41 bits per heavy atom. The van der Waals surface area contributed by atoms with E-state index in [9.17, 15) is 0 Å². The quantitative estimate of drug-likeness (QED) is 0.749. The molecule has 138 valence electrons. The largest absolute Gasteiger partial charge is 0.366 e. The van der Waals surface area contributed by atoms with Crippen molar-refractivity contribution in [2.75, 3.05) is 41.3 Å². The van der Waals surface area contributed by atoms with Gasteiger partial charge in [-0.3, -0.25) is 0 Å². The molecule has 0 bridgehead atoms. The first-order valence-electron chi connectivity index (χ1n) is 9.17. The van der Waals surface area contributed by atoms with E-state index in [2.05, 4.69) is 66.2 Å². The molecule has 4 rings (SSSR count). The van der Waals surface area contributed by atoms with E-state index in [1.165, 1.54) is 11.1 Å². The summed E-state index contributed by atoms with van der Waals surface area (Å²) in [5.74, 6) is 2.59. The Morgan fingerprint density at radius 2 is 1.63 bits per heavy atom. The van der Waals surface area contributed by atoms with Crippen LogP contribution in [0.4, 0.5) is 17.6 Å². The zero-order valence-electron chi connectivity index (χ0n) is 15.4. The van der Waals surface area contributed by atoms with Crippen LogP contribution >= 0.6 is 0 Å². The number of hydrogen-bond donors (Lipinski definition) is 1. The molecule has 0 atom stereocenters. The van der Waals surface area contributed by atoms with Gasteiger partial charge in [0, 0.05) is 51.2 Å². The third-order valence-corrected chi connectivity index (χ3v) is 4.81. The molecule has 1 aliphatic heterocycles. The fourth-order valence-electron chi connectivity index (χ4n) is 3.20. The van der Waals surface area contributed by atoms with Crippen molar-refractivity contribution >= 4 is 17.6 Å². The summed E-state index contributed by atoms with van der Waals surface area (Å²) in [5.41, 5.74) is 2.55. The monoisotopic (exact) mass is 361 g/mol. The number of benzene rings is 1. The summed E-state index contributed by atoms with van der Waals surface area (Å²) >= 11 is 0. The van der Waals surface area contributed by atoms with Crippen molar-refractivity contribution in [2.24, 2.45) is 0 Å². The molecule has 1 N–H and O–H groups in total. The van der Waals surface area contributed by atoms with Crippen LogP contribution in [0.1, 0.15) is 11.1 Å². The molecule has 0 radical (unpaired) electrons. The van der Waals surface area contributed by atoms with Crippen molar-refractivity contribution in [3.8, 4) is 0 Å². The van der Waals surface area contributed by atoms with Crippen molar-refractivity contribution in [3.63, 3.8) is 0 Å². The molecule has 0 saturated carbocycles. The minimum Gasteiger partial charge on any atom is -0.366 e. The zero-order chi connectivity index (χ0) is 18.5. The molecular weight excluding hydrogens is 338 g/mol. The Bertz CT molecular complexity index is 876. The summed E-state index contributed by atoms with van der Waals surface area (Å²) in [6.45, 7) is 6.39. The predicted molar refractivity (Wildman–Crippen MR) is 107 cm³/mol. The number of piperazine rings is 1. The van der Waals surface area contributed by atoms with E-state index < -0.39 is 0 Å². The maximum atomic E-state index is 4.46. The van der Waals surface area contributed by atoms with Gasteiger partial charge >= 0.3 is 0 Å². The Kier molecular flexibility index (Phi) is 5.09. The molecule has 0 amide bonds. The van der Waals surface area contributed by atoms with Crippen LogP contribution in [0.2, 0.25) is 0 Å². The normalized spacial score (nSPS) is 14.3. The molecule has 1 aromatic carbocycles. The second-order valence-corrected chi connectivity index (χ2v) is 6.56. The van der Waals surface area contributed by atoms with E-state index in [0.29, 0.717) is 0 Å². The van der Waals surface area contributed by atoms with Crippen molar-refractivity contribution in [1.29, 1.82) is 0 Å². The highest BCUT2D eigenvalue weighted by Gasteiger charge is 2.20. The maximum Gasteiger partial charge on any atom is 0.225 e. The minimum atomic E-state index is 0.752. The number of aromatic nitrogens is 4. The highest BCUT2D eigenvalue weighted by Crippen LogP contribution is 2.18. The molecule has 0 spiro atoms. The lowest BCUT2D eigenvalue weighted by Gasteiger charge is -2.35. The summed E-state index contributed by atoms with van der Waals surface area (Å²) < 4.78 is 0. The van der Waals surface area contributed by atoms with Gasteiger partial charge in [-0.25, -0.2) is 19.9 Å². The maximum absolute atomic E-state index is 4.46. The van der Waals surface area contributed by atoms with E-state index in [-0.39, 0.29) is 0 Å². The van der Waals surface area contributed by atoms with Gasteiger partial charge in [0.1, 0.15) is 18.0 Å². The molecule has 27 heavy (non-hydrogen) atoms. The van der Waals surface area contributed by atoms with Crippen molar-refractivity contribution in [2.45, 2.75) is 13.5 Å². The Hall–Kier alpha value is -3.22. The number of aryl methyl sites for hydroxylation is 1. The molecule has 7 nitrogen and oxygen atoms in total. The van der Waals surface area contributed by atoms with Crippen LogP contribution in [0.15, 0.2) is 55.1 Å². The summed E-state index contributed by atoms with van der Waals surface area (Å²) in [5, 5.41) is 3.41. The van der Waals surface area contributed by atoms with Gasteiger partial charge in [0.2, 0.25) is 5.95 Å². The summed E-state index contributed by atoms with van der Waals surface area (Å²) in [6, 6.07) is 12.2. The Labute approximate surface area is 159 Å². The fourth-order valence-corrected chi connectivity index (χ4v) is 3.20. The molecule has 3 aromatic rings. The summed E-state index contributed by atoms with van der Waals surface area (Å²) in [7, 11) is 0. The highest BCUT2D eigenvalue weighted by atomic mass is 15.3. The van der Waals surface area contributed by atoms with E-state index in [1.807, 2.05) is 12.1 Å². The van der Waals surface area contributed by atoms with Gasteiger partial charge in [-0.05, 0) is 24.1 Å². The van der Waals surface area contributed by atoms with Crippen molar-refractivity contribution < 1.29 is 0 Å². The zero-order valence-corrected chi connectivity index (χ0v) is 15.4. The van der Waals surface area contributed by atoms with Crippen LogP contribution in [0.3, 0.4) is 0 Å². The van der Waals surface area contributed by atoms with Gasteiger partial charge < -0.3 is 15.1 Å². The third kappa shape index (κ3) is 4.13. The van der Waals surface area contributed by atoms with E-state index in [1.54, 1.807) is 18.7 Å². The van der Waals surface area contributed by atoms with Crippen LogP contribution in [-0.4, -0.2) is 46.1 Å². The Balaban J connectivity index is 1.37. The Morgan fingerprint density at radius 1 is 0.889 bits per heavy atom. The fraction of sp³-hybridized carbons (Fsp3) is 0.300. The number of nitrogens with one attached hydrogen (secondary N) is 1. The number of hydrogen-bond acceptors (Lipinski definition) is 7. The van der Waals surface area contributed by atoms with Crippen LogP contribution < -0.4 is 15.1 Å². The molecule has 0 unspecified atom stereocenters. The van der Waals surface area contributed by atoms with Gasteiger partial charge in [-0.15, -0.1) is 0 Å². The first kappa shape index (κ1) is 17.2. The topological polar surface area (TPSA) is 70.1 Å². The van der Waals surface area contributed by atoms with Gasteiger partial charge in [-0.1, -0.05) is 24.3 Å². The highest BCUT2D eigenvalue weighted by molar-refractivity contribution is 5.50. The molecule has 1 fully saturated rings. The van der Waals surface area contributed by atoms with Crippen LogP contribution in [-0.2, 0) is 6.54 Å². The molecule has 0 aliphatic carbocycles. The SMILES string of the molecule is Cc1ccccc1CNc1cc(N2CCN(c3ncccn3)CC2)ncn1. The summed E-state index contributed by atoms with van der Waals surface area (Å²) in [6.07, 6.45) is 5.19. The van der Waals surface area contributed by atoms with Gasteiger partial charge in [-0.2, -0.15) is 0 Å². The van der Waals surface area contributed by atoms with Gasteiger partial charge in [0.25, 0.3) is 0 Å². The number of rotatable bonds is 5. The first-order valence-corrected chi connectivity index (χ1v) is 9.17. The summed E-state index contributed by atoms with van der Waals surface area (Å²) in [4.78, 5) is 22.0. The molecule has 1 aliphatic rings. The molecular formula is C20H23N7. The average molecular weight is 361 g/mol. The van der Waals surface area contributed by atoms with E-state index >= 15 is 0 Å². The minimum absolute atomic E-state index is 0.752. The number of anilines is 3. The molecule has 7 heteroatoms. The second kappa shape index (κ2) is 7.99. The molecule has 1 saturated heterocycles. The van der Waals surface area contributed by atoms with E-state index in [4.69, 9.17) is 0 Å². The predicted octanol–water partition coefficient (Wildman–Crippen LogP) is 2.51. The van der Waals surface area contributed by atoms with Crippen LogP contribution in [0.25, 0.3) is 0 Å². The van der Waals surface area contributed by atoms with Crippen molar-refractivity contribution in [3.05, 3.63) is 66.2 Å². The smallest absolute Gasteiger partial charge is 0.225 e. The number of nitrogens with zero attached hydrogens (tertiary/aromatic N) is 6. The lowest BCUT2D eigenvalue weighted by molar-refractivity contribution is 0.634. The van der Waals surface area contributed by atoms with Crippen LogP contribution in [0, 0.1) is 6.92 Å². The standard InChI is InChI=1S/C20H23N7/c1-16-5-2-3-6-17(16)14-23-18-13-19(25-15-24-18)26-9-11-27(12-10-26)20-21-7-4-8-22-20/h2-8,13,15H,9-12,14H2,1H3,(H,23,24,25). The van der Waals surface area contributed by atoms with Crippen LogP contribution in [0.5, 0.6) is 0 Å². The first-order chi connectivity index (χ1) is 13.3.